The van der Waals surface area contributed by atoms with E-state index in [1.165, 1.54) is 4.90 Å². The summed E-state index contributed by atoms with van der Waals surface area (Å²) in [6, 6.07) is -0.924. The molecular formula is C12H24F3N3. The van der Waals surface area contributed by atoms with Crippen LogP contribution < -0.4 is 5.73 Å². The van der Waals surface area contributed by atoms with Crippen LogP contribution in [0.3, 0.4) is 0 Å². The van der Waals surface area contributed by atoms with Crippen LogP contribution >= 0.6 is 0 Å². The average molecular weight is 267 g/mol. The summed E-state index contributed by atoms with van der Waals surface area (Å²) in [6.45, 7) is 6.69. The second-order valence-corrected chi connectivity index (χ2v) is 4.96. The number of hydrogen-bond acceptors (Lipinski definition) is 3. The van der Waals surface area contributed by atoms with Gasteiger partial charge >= 0.3 is 6.18 Å². The number of halogens is 3. The van der Waals surface area contributed by atoms with Gasteiger partial charge in [0.2, 0.25) is 0 Å². The lowest BCUT2D eigenvalue weighted by Gasteiger charge is -2.41. The van der Waals surface area contributed by atoms with Crippen LogP contribution in [0.4, 0.5) is 13.2 Å². The highest BCUT2D eigenvalue weighted by Gasteiger charge is 2.43. The predicted octanol–water partition coefficient (Wildman–Crippen LogP) is 1.68. The van der Waals surface area contributed by atoms with E-state index in [0.29, 0.717) is 32.2 Å². The molecule has 0 amide bonds. The van der Waals surface area contributed by atoms with Gasteiger partial charge < -0.3 is 5.73 Å². The predicted molar refractivity (Wildman–Crippen MR) is 66.4 cm³/mol. The lowest BCUT2D eigenvalue weighted by molar-refractivity contribution is -0.189. The zero-order chi connectivity index (χ0) is 13.8. The fourth-order valence-corrected chi connectivity index (χ4v) is 2.46. The Morgan fingerprint density at radius 2 is 1.61 bits per heavy atom. The van der Waals surface area contributed by atoms with Crippen molar-refractivity contribution < 1.29 is 13.2 Å². The highest BCUT2D eigenvalue weighted by molar-refractivity contribution is 4.84. The number of hydrogen-bond donors (Lipinski definition) is 1. The Morgan fingerprint density at radius 3 is 2.00 bits per heavy atom. The standard InChI is InChI=1S/C12H24F3N3/c1-3-10(2)17-6-8-18(9-7-17)11(4-5-16)12(13,14)15/h10-11H,3-9,16H2,1-2H3. The van der Waals surface area contributed by atoms with Crippen LogP contribution in [0.15, 0.2) is 0 Å². The third-order valence-corrected chi connectivity index (χ3v) is 3.82. The number of nitrogens with zero attached hydrogens (tertiary/aromatic N) is 2. The van der Waals surface area contributed by atoms with Crippen molar-refractivity contribution >= 4 is 0 Å². The molecule has 0 aromatic heterocycles. The molecule has 1 heterocycles. The molecular weight excluding hydrogens is 243 g/mol. The van der Waals surface area contributed by atoms with Gasteiger partial charge in [-0.3, -0.25) is 9.80 Å². The third-order valence-electron chi connectivity index (χ3n) is 3.82. The van der Waals surface area contributed by atoms with Crippen molar-refractivity contribution in [3.05, 3.63) is 0 Å². The Morgan fingerprint density at radius 1 is 1.11 bits per heavy atom. The van der Waals surface area contributed by atoms with Crippen molar-refractivity contribution in [2.24, 2.45) is 5.73 Å². The summed E-state index contributed by atoms with van der Waals surface area (Å²) >= 11 is 0. The zero-order valence-corrected chi connectivity index (χ0v) is 11.2. The molecule has 1 aliphatic heterocycles. The molecule has 0 saturated carbocycles. The molecule has 0 aromatic rings. The van der Waals surface area contributed by atoms with E-state index in [-0.39, 0.29) is 13.0 Å². The number of piperazine rings is 1. The van der Waals surface area contributed by atoms with E-state index in [0.717, 1.165) is 6.42 Å². The first-order valence-corrected chi connectivity index (χ1v) is 6.65. The third kappa shape index (κ3) is 4.10. The maximum absolute atomic E-state index is 12.9. The number of nitrogens with two attached hydrogens (primary N) is 1. The maximum atomic E-state index is 12.9. The SMILES string of the molecule is CCC(C)N1CCN(C(CCN)C(F)(F)F)CC1. The van der Waals surface area contributed by atoms with Crippen LogP contribution in [0.1, 0.15) is 26.7 Å². The summed E-state index contributed by atoms with van der Waals surface area (Å²) in [7, 11) is 0. The van der Waals surface area contributed by atoms with Crippen LogP contribution in [0, 0.1) is 0 Å². The maximum Gasteiger partial charge on any atom is 0.404 e. The van der Waals surface area contributed by atoms with Gasteiger partial charge in [0.25, 0.3) is 0 Å². The highest BCUT2D eigenvalue weighted by Crippen LogP contribution is 2.28. The molecule has 1 saturated heterocycles. The van der Waals surface area contributed by atoms with E-state index >= 15 is 0 Å². The molecule has 0 spiro atoms. The minimum atomic E-state index is -4.17. The Bertz CT molecular complexity index is 237. The fraction of sp³-hybridized carbons (Fsp3) is 1.00. The molecule has 6 heteroatoms. The van der Waals surface area contributed by atoms with Crippen molar-refractivity contribution in [1.29, 1.82) is 0 Å². The van der Waals surface area contributed by atoms with Gasteiger partial charge in [0, 0.05) is 32.2 Å². The average Bonchev–Trinajstić information content (AvgIpc) is 2.34. The Labute approximate surface area is 107 Å². The fourth-order valence-electron chi connectivity index (χ4n) is 2.46. The molecule has 0 bridgehead atoms. The second-order valence-electron chi connectivity index (χ2n) is 4.96. The molecule has 2 atom stereocenters. The molecule has 0 aromatic carbocycles. The largest absolute Gasteiger partial charge is 0.404 e. The van der Waals surface area contributed by atoms with Crippen molar-refractivity contribution in [3.63, 3.8) is 0 Å². The van der Waals surface area contributed by atoms with Gasteiger partial charge in [-0.2, -0.15) is 13.2 Å². The van der Waals surface area contributed by atoms with E-state index in [1.54, 1.807) is 0 Å². The van der Waals surface area contributed by atoms with Gasteiger partial charge in [-0.15, -0.1) is 0 Å². The summed E-state index contributed by atoms with van der Waals surface area (Å²) in [6.07, 6.45) is -3.14. The van der Waals surface area contributed by atoms with E-state index in [2.05, 4.69) is 18.7 Å². The van der Waals surface area contributed by atoms with Crippen molar-refractivity contribution in [3.8, 4) is 0 Å². The van der Waals surface area contributed by atoms with E-state index in [9.17, 15) is 13.2 Å². The molecule has 108 valence electrons. The minimum Gasteiger partial charge on any atom is -0.330 e. The van der Waals surface area contributed by atoms with Crippen LogP contribution in [0.5, 0.6) is 0 Å². The van der Waals surface area contributed by atoms with Crippen LogP contribution in [-0.2, 0) is 0 Å². The summed E-state index contributed by atoms with van der Waals surface area (Å²) < 4.78 is 38.7. The van der Waals surface area contributed by atoms with E-state index in [1.807, 2.05) is 0 Å². The summed E-state index contributed by atoms with van der Waals surface area (Å²) in [5.41, 5.74) is 5.29. The first-order chi connectivity index (χ1) is 8.40. The van der Waals surface area contributed by atoms with E-state index < -0.39 is 12.2 Å². The Balaban J connectivity index is 2.54. The number of rotatable bonds is 5. The lowest BCUT2D eigenvalue weighted by atomic mass is 10.1. The van der Waals surface area contributed by atoms with Crippen molar-refractivity contribution in [1.82, 2.24) is 9.80 Å². The minimum absolute atomic E-state index is 0.00711. The smallest absolute Gasteiger partial charge is 0.330 e. The van der Waals surface area contributed by atoms with Crippen molar-refractivity contribution in [2.45, 2.75) is 44.9 Å². The lowest BCUT2D eigenvalue weighted by Crippen LogP contribution is -2.56. The summed E-state index contributed by atoms with van der Waals surface area (Å²) in [4.78, 5) is 3.79. The second kappa shape index (κ2) is 6.73. The van der Waals surface area contributed by atoms with Gasteiger partial charge in [0.15, 0.2) is 0 Å². The molecule has 2 N–H and O–H groups in total. The van der Waals surface area contributed by atoms with Gasteiger partial charge in [0.05, 0.1) is 0 Å². The Kier molecular flexibility index (Phi) is 5.88. The van der Waals surface area contributed by atoms with Gasteiger partial charge in [-0.1, -0.05) is 6.92 Å². The Hall–Kier alpha value is -0.330. The normalized spacial score (nSPS) is 23.0. The summed E-state index contributed by atoms with van der Waals surface area (Å²) in [5, 5.41) is 0. The molecule has 2 unspecified atom stereocenters. The summed E-state index contributed by atoms with van der Waals surface area (Å²) in [5.74, 6) is 0. The molecule has 3 nitrogen and oxygen atoms in total. The highest BCUT2D eigenvalue weighted by atomic mass is 19.4. The van der Waals surface area contributed by atoms with Crippen LogP contribution in [0.25, 0.3) is 0 Å². The first-order valence-electron chi connectivity index (χ1n) is 6.65. The molecule has 0 aliphatic carbocycles. The van der Waals surface area contributed by atoms with Crippen molar-refractivity contribution in [2.75, 3.05) is 32.7 Å². The monoisotopic (exact) mass is 267 g/mol. The zero-order valence-electron chi connectivity index (χ0n) is 11.2. The van der Waals surface area contributed by atoms with Gasteiger partial charge in [-0.25, -0.2) is 0 Å². The van der Waals surface area contributed by atoms with E-state index in [4.69, 9.17) is 5.73 Å². The van der Waals surface area contributed by atoms with Crippen LogP contribution in [0.2, 0.25) is 0 Å². The quantitative estimate of drug-likeness (QED) is 0.822. The first kappa shape index (κ1) is 15.7. The molecule has 1 aliphatic rings. The molecule has 1 fully saturated rings. The molecule has 1 rings (SSSR count). The number of alkyl halides is 3. The molecule has 0 radical (unpaired) electrons. The molecule has 18 heavy (non-hydrogen) atoms. The topological polar surface area (TPSA) is 32.5 Å². The van der Waals surface area contributed by atoms with Gasteiger partial charge in [0.1, 0.15) is 6.04 Å². The van der Waals surface area contributed by atoms with Crippen LogP contribution in [-0.4, -0.2) is 60.8 Å². The van der Waals surface area contributed by atoms with Gasteiger partial charge in [-0.05, 0) is 26.3 Å².